The molecule has 1 aliphatic carbocycles. The molecule has 0 radical (unpaired) electrons. The number of carbonyl (C=O) groups excluding carboxylic acids is 1. The van der Waals surface area contributed by atoms with E-state index in [-0.39, 0.29) is 11.9 Å². The van der Waals surface area contributed by atoms with Gasteiger partial charge in [0.05, 0.1) is 5.56 Å². The van der Waals surface area contributed by atoms with Crippen molar-refractivity contribution in [3.63, 3.8) is 0 Å². The Morgan fingerprint density at radius 3 is 2.56 bits per heavy atom. The largest absolute Gasteiger partial charge is 0.459 e. The van der Waals surface area contributed by atoms with Crippen LogP contribution in [0, 0.1) is 23.1 Å². The quantitative estimate of drug-likeness (QED) is 0.402. The summed E-state index contributed by atoms with van der Waals surface area (Å²) in [6.45, 7) is 0. The second-order valence-corrected chi connectivity index (χ2v) is 6.19. The molecule has 0 heterocycles. The number of rotatable bonds is 6. The molecule has 25 heavy (non-hydrogen) atoms. The molecule has 0 bridgehead atoms. The Hall–Kier alpha value is -2.48. The lowest BCUT2D eigenvalue weighted by Gasteiger charge is -2.28. The Balaban J connectivity index is 1.68. The number of nitriles is 1. The van der Waals surface area contributed by atoms with Crippen molar-refractivity contribution in [3.8, 4) is 6.07 Å². The van der Waals surface area contributed by atoms with Gasteiger partial charge in [-0.15, -0.1) is 0 Å². The Kier molecular flexibility index (Phi) is 7.34. The molecular weight excluding hydrogens is 324 g/mol. The van der Waals surface area contributed by atoms with Crippen molar-refractivity contribution >= 4 is 5.97 Å². The highest BCUT2D eigenvalue weighted by Gasteiger charge is 2.23. The van der Waals surface area contributed by atoms with Gasteiger partial charge >= 0.3 is 5.97 Å². The number of allylic oxidation sites excluding steroid dienone is 4. The first-order valence-electron chi connectivity index (χ1n) is 8.47. The minimum atomic E-state index is -0.792. The summed E-state index contributed by atoms with van der Waals surface area (Å²) < 4.78 is 31.0. The molecule has 132 valence electrons. The van der Waals surface area contributed by atoms with Gasteiger partial charge in [0.25, 0.3) is 0 Å². The molecule has 1 aliphatic rings. The fourth-order valence-electron chi connectivity index (χ4n) is 2.96. The van der Waals surface area contributed by atoms with Crippen LogP contribution in [-0.4, -0.2) is 12.1 Å². The number of nitrogens with zero attached hydrogens (tertiary/aromatic N) is 1. The van der Waals surface area contributed by atoms with Gasteiger partial charge in [-0.2, -0.15) is 9.65 Å². The van der Waals surface area contributed by atoms with Gasteiger partial charge in [0.15, 0.2) is 5.83 Å². The van der Waals surface area contributed by atoms with Gasteiger partial charge < -0.3 is 4.74 Å². The lowest BCUT2D eigenvalue weighted by Crippen LogP contribution is -2.24. The molecule has 0 saturated heterocycles. The predicted molar refractivity (Wildman–Crippen MR) is 90.7 cm³/mol. The average molecular weight is 345 g/mol. The van der Waals surface area contributed by atoms with Gasteiger partial charge in [0.1, 0.15) is 18.0 Å². The molecule has 5 heteroatoms. The van der Waals surface area contributed by atoms with Crippen molar-refractivity contribution in [2.45, 2.75) is 44.6 Å². The van der Waals surface area contributed by atoms with Crippen molar-refractivity contribution in [2.75, 3.05) is 0 Å². The van der Waals surface area contributed by atoms with Crippen LogP contribution in [0.5, 0.6) is 0 Å². The molecule has 3 nitrogen and oxygen atoms in total. The molecule has 0 atom stereocenters. The number of halogens is 2. The normalized spacial score (nSPS) is 21.1. The molecular formula is C20H21F2NO2. The summed E-state index contributed by atoms with van der Waals surface area (Å²) in [4.78, 5) is 12.0. The van der Waals surface area contributed by atoms with Crippen molar-refractivity contribution < 1.29 is 18.3 Å². The van der Waals surface area contributed by atoms with Gasteiger partial charge in [-0.25, -0.2) is 9.18 Å². The molecule has 1 aromatic rings. The number of hydrogen-bond donors (Lipinski definition) is 0. The molecule has 0 spiro atoms. The first kappa shape index (κ1) is 18.9. The zero-order valence-electron chi connectivity index (χ0n) is 14.0. The summed E-state index contributed by atoms with van der Waals surface area (Å²) in [5.41, 5.74) is 0.367. The van der Waals surface area contributed by atoms with Gasteiger partial charge in [0.2, 0.25) is 0 Å². The van der Waals surface area contributed by atoms with Crippen LogP contribution < -0.4 is 0 Å². The topological polar surface area (TPSA) is 50.1 Å². The van der Waals surface area contributed by atoms with Crippen LogP contribution >= 0.6 is 0 Å². The molecule has 0 aromatic heterocycles. The molecule has 1 fully saturated rings. The van der Waals surface area contributed by atoms with E-state index in [1.165, 1.54) is 30.3 Å². The highest BCUT2D eigenvalue weighted by molar-refractivity contribution is 5.89. The van der Waals surface area contributed by atoms with Crippen LogP contribution in [0.15, 0.2) is 48.3 Å². The summed E-state index contributed by atoms with van der Waals surface area (Å²) in [7, 11) is 0. The summed E-state index contributed by atoms with van der Waals surface area (Å²) in [6.07, 6.45) is 9.94. The lowest BCUT2D eigenvalue weighted by atomic mass is 9.84. The van der Waals surface area contributed by atoms with Crippen LogP contribution in [0.25, 0.3) is 0 Å². The second-order valence-electron chi connectivity index (χ2n) is 6.19. The zero-order valence-corrected chi connectivity index (χ0v) is 14.0. The van der Waals surface area contributed by atoms with E-state index < -0.39 is 11.8 Å². The highest BCUT2D eigenvalue weighted by Crippen LogP contribution is 2.30. The molecule has 0 N–H and O–H groups in total. The molecule has 1 aromatic carbocycles. The molecule has 0 amide bonds. The lowest BCUT2D eigenvalue weighted by molar-refractivity contribution is 0.0162. The number of benzene rings is 1. The Morgan fingerprint density at radius 2 is 1.92 bits per heavy atom. The van der Waals surface area contributed by atoms with E-state index >= 15 is 0 Å². The maximum Gasteiger partial charge on any atom is 0.338 e. The second kappa shape index (κ2) is 9.73. The molecule has 1 saturated carbocycles. The Morgan fingerprint density at radius 1 is 1.24 bits per heavy atom. The Labute approximate surface area is 146 Å². The van der Waals surface area contributed by atoms with Crippen LogP contribution in [0.4, 0.5) is 8.78 Å². The van der Waals surface area contributed by atoms with Crippen molar-refractivity contribution in [3.05, 3.63) is 59.7 Å². The fraction of sp³-hybridized carbons (Fsp3) is 0.400. The van der Waals surface area contributed by atoms with Crippen molar-refractivity contribution in [2.24, 2.45) is 5.92 Å². The highest BCUT2D eigenvalue weighted by atomic mass is 19.1. The third-order valence-electron chi connectivity index (χ3n) is 4.37. The summed E-state index contributed by atoms with van der Waals surface area (Å²) in [6, 6.07) is 6.78. The van der Waals surface area contributed by atoms with E-state index in [4.69, 9.17) is 10.00 Å². The first-order chi connectivity index (χ1) is 12.1. The van der Waals surface area contributed by atoms with Crippen LogP contribution in [0.3, 0.4) is 0 Å². The molecule has 2 rings (SSSR count). The maximum absolute atomic E-state index is 12.9. The van der Waals surface area contributed by atoms with E-state index in [0.717, 1.165) is 44.6 Å². The zero-order chi connectivity index (χ0) is 18.1. The number of hydrogen-bond acceptors (Lipinski definition) is 3. The molecule has 0 aliphatic heterocycles. The average Bonchev–Trinajstić information content (AvgIpc) is 2.63. The predicted octanol–water partition coefficient (Wildman–Crippen LogP) is 5.25. The fourth-order valence-corrected chi connectivity index (χ4v) is 2.96. The SMILES string of the molecule is N#CC(F)=C/C=C/CCC1CCC(OC(=O)c2ccc(F)cc2)CC1. The minimum absolute atomic E-state index is 0.0861. The smallest absolute Gasteiger partial charge is 0.338 e. The Bertz CT molecular complexity index is 666. The van der Waals surface area contributed by atoms with Gasteiger partial charge in [0, 0.05) is 0 Å². The summed E-state index contributed by atoms with van der Waals surface area (Å²) >= 11 is 0. The van der Waals surface area contributed by atoms with E-state index in [9.17, 15) is 13.6 Å². The van der Waals surface area contributed by atoms with Crippen LogP contribution in [0.2, 0.25) is 0 Å². The van der Waals surface area contributed by atoms with Gasteiger partial charge in [-0.1, -0.05) is 12.2 Å². The third kappa shape index (κ3) is 6.50. The monoisotopic (exact) mass is 345 g/mol. The first-order valence-corrected chi connectivity index (χ1v) is 8.47. The van der Waals surface area contributed by atoms with E-state index in [0.29, 0.717) is 11.5 Å². The number of ether oxygens (including phenoxy) is 1. The van der Waals surface area contributed by atoms with Crippen LogP contribution in [0.1, 0.15) is 48.9 Å². The maximum atomic E-state index is 12.9. The summed E-state index contributed by atoms with van der Waals surface area (Å²) in [5, 5.41) is 8.29. The minimum Gasteiger partial charge on any atom is -0.459 e. The number of carbonyl (C=O) groups is 1. The van der Waals surface area contributed by atoms with Crippen molar-refractivity contribution in [1.29, 1.82) is 5.26 Å². The van der Waals surface area contributed by atoms with Crippen LogP contribution in [-0.2, 0) is 4.74 Å². The van der Waals surface area contributed by atoms with Gasteiger partial charge in [-0.05, 0) is 74.8 Å². The van der Waals surface area contributed by atoms with Gasteiger partial charge in [-0.3, -0.25) is 0 Å². The standard InChI is InChI=1S/C20H21F2NO2/c21-17-10-8-16(9-11-17)20(24)25-19-12-6-15(7-13-19)4-2-1-3-5-18(22)14-23/h1,3,5,8-11,15,19H,2,4,6-7,12-13H2/b3-1+,18-5?. The molecule has 0 unspecified atom stereocenters. The third-order valence-corrected chi connectivity index (χ3v) is 4.37. The van der Waals surface area contributed by atoms with E-state index in [1.54, 1.807) is 6.08 Å². The van der Waals surface area contributed by atoms with E-state index in [2.05, 4.69) is 0 Å². The van der Waals surface area contributed by atoms with E-state index in [1.807, 2.05) is 6.08 Å². The number of esters is 1. The van der Waals surface area contributed by atoms with Crippen molar-refractivity contribution in [1.82, 2.24) is 0 Å². The summed E-state index contributed by atoms with van der Waals surface area (Å²) in [5.74, 6) is -1.01.